The summed E-state index contributed by atoms with van der Waals surface area (Å²) in [4.78, 5) is 4.11. The number of halogens is 2. The summed E-state index contributed by atoms with van der Waals surface area (Å²) in [6.45, 7) is 0.406. The molecular weight excluding hydrogens is 259 g/mol. The summed E-state index contributed by atoms with van der Waals surface area (Å²) >= 11 is 11.7. The lowest BCUT2D eigenvalue weighted by Crippen LogP contribution is -2.01. The van der Waals surface area contributed by atoms with Gasteiger partial charge in [-0.2, -0.15) is 0 Å². The van der Waals surface area contributed by atoms with Crippen LogP contribution in [0, 0.1) is 0 Å². The minimum absolute atomic E-state index is 0.0412. The monoisotopic (exact) mass is 268 g/mol. The van der Waals surface area contributed by atoms with Gasteiger partial charge in [-0.3, -0.25) is 0 Å². The van der Waals surface area contributed by atoms with E-state index in [1.54, 1.807) is 12.3 Å². The molecule has 0 aliphatic heterocycles. The lowest BCUT2D eigenvalue weighted by molar-refractivity contribution is 0.469. The fourth-order valence-corrected chi connectivity index (χ4v) is 1.94. The van der Waals surface area contributed by atoms with Gasteiger partial charge < -0.3 is 10.4 Å². The van der Waals surface area contributed by atoms with E-state index in [4.69, 9.17) is 23.2 Å². The van der Waals surface area contributed by atoms with Gasteiger partial charge in [0, 0.05) is 23.3 Å². The quantitative estimate of drug-likeness (QED) is 0.892. The molecule has 1 aromatic carbocycles. The van der Waals surface area contributed by atoms with Crippen LogP contribution >= 0.6 is 23.2 Å². The van der Waals surface area contributed by atoms with E-state index in [1.807, 2.05) is 18.2 Å². The first kappa shape index (κ1) is 12.0. The lowest BCUT2D eigenvalue weighted by Gasteiger charge is -2.09. The molecule has 2 N–H and O–H groups in total. The van der Waals surface area contributed by atoms with Crippen LogP contribution in [0.5, 0.6) is 5.75 Å². The Morgan fingerprint density at radius 1 is 1.24 bits per heavy atom. The van der Waals surface area contributed by atoms with Gasteiger partial charge in [0.1, 0.15) is 11.6 Å². The smallest absolute Gasteiger partial charge is 0.139 e. The van der Waals surface area contributed by atoms with Crippen molar-refractivity contribution in [3.63, 3.8) is 0 Å². The summed E-state index contributed by atoms with van der Waals surface area (Å²) in [7, 11) is 0. The fraction of sp³-hybridized carbons (Fsp3) is 0.0833. The van der Waals surface area contributed by atoms with Gasteiger partial charge in [0.15, 0.2) is 0 Å². The summed E-state index contributed by atoms with van der Waals surface area (Å²) in [6.07, 6.45) is 1.69. The summed E-state index contributed by atoms with van der Waals surface area (Å²) in [5.41, 5.74) is 0.633. The second kappa shape index (κ2) is 5.25. The number of nitrogens with zero attached hydrogens (tertiary/aromatic N) is 1. The Labute approximate surface area is 109 Å². The number of benzene rings is 1. The number of nitrogens with one attached hydrogen (secondary N) is 1. The maximum absolute atomic E-state index is 9.75. The van der Waals surface area contributed by atoms with E-state index >= 15 is 0 Å². The van der Waals surface area contributed by atoms with E-state index in [0.29, 0.717) is 17.1 Å². The number of hydrogen-bond donors (Lipinski definition) is 2. The van der Waals surface area contributed by atoms with Crippen molar-refractivity contribution in [2.24, 2.45) is 0 Å². The minimum atomic E-state index is 0.0412. The van der Waals surface area contributed by atoms with Crippen LogP contribution in [-0.4, -0.2) is 10.1 Å². The highest BCUT2D eigenvalue weighted by molar-refractivity contribution is 6.35. The lowest BCUT2D eigenvalue weighted by atomic mass is 10.2. The van der Waals surface area contributed by atoms with Crippen LogP contribution in [0.25, 0.3) is 0 Å². The van der Waals surface area contributed by atoms with Gasteiger partial charge in [-0.05, 0) is 24.3 Å². The van der Waals surface area contributed by atoms with Crippen molar-refractivity contribution in [2.45, 2.75) is 6.54 Å². The maximum Gasteiger partial charge on any atom is 0.139 e. The highest BCUT2D eigenvalue weighted by Gasteiger charge is 2.07. The van der Waals surface area contributed by atoms with Crippen LogP contribution in [-0.2, 0) is 6.54 Å². The molecule has 88 valence electrons. The molecule has 0 radical (unpaired) electrons. The summed E-state index contributed by atoms with van der Waals surface area (Å²) < 4.78 is 0. The van der Waals surface area contributed by atoms with Crippen molar-refractivity contribution < 1.29 is 5.11 Å². The molecule has 17 heavy (non-hydrogen) atoms. The Morgan fingerprint density at radius 2 is 2.06 bits per heavy atom. The first-order chi connectivity index (χ1) is 8.16. The van der Waals surface area contributed by atoms with E-state index in [-0.39, 0.29) is 10.8 Å². The van der Waals surface area contributed by atoms with Crippen LogP contribution in [0.4, 0.5) is 5.82 Å². The van der Waals surface area contributed by atoms with Crippen molar-refractivity contribution in [3.8, 4) is 5.75 Å². The van der Waals surface area contributed by atoms with Gasteiger partial charge in [0.2, 0.25) is 0 Å². The number of aromatic hydroxyl groups is 1. The molecule has 2 aromatic rings. The third-order valence-electron chi connectivity index (χ3n) is 2.23. The zero-order valence-corrected chi connectivity index (χ0v) is 10.3. The molecule has 0 saturated carbocycles. The molecular formula is C12H10Cl2N2O. The number of rotatable bonds is 3. The van der Waals surface area contributed by atoms with Crippen molar-refractivity contribution in [3.05, 3.63) is 52.1 Å². The first-order valence-electron chi connectivity index (χ1n) is 4.98. The number of hydrogen-bond acceptors (Lipinski definition) is 3. The summed E-state index contributed by atoms with van der Waals surface area (Å²) in [5.74, 6) is 0.766. The van der Waals surface area contributed by atoms with Crippen LogP contribution < -0.4 is 5.32 Å². The topological polar surface area (TPSA) is 45.1 Å². The normalized spacial score (nSPS) is 10.2. The van der Waals surface area contributed by atoms with Crippen molar-refractivity contribution >= 4 is 29.0 Å². The number of anilines is 1. The van der Waals surface area contributed by atoms with Gasteiger partial charge >= 0.3 is 0 Å². The summed E-state index contributed by atoms with van der Waals surface area (Å²) in [6, 6.07) is 8.71. The molecule has 0 aliphatic rings. The van der Waals surface area contributed by atoms with E-state index in [2.05, 4.69) is 10.3 Å². The molecule has 5 heteroatoms. The molecule has 0 unspecified atom stereocenters. The Morgan fingerprint density at radius 3 is 2.76 bits per heavy atom. The predicted octanol–water partition coefficient (Wildman–Crippen LogP) is 3.71. The number of phenolic OH excluding ortho intramolecular Hbond substituents is 1. The largest absolute Gasteiger partial charge is 0.506 e. The standard InChI is InChI=1S/C12H10Cl2N2O/c13-9-5-8(12(17)10(14)6-9)7-16-11-3-1-2-4-15-11/h1-6,17H,7H2,(H,15,16). The van der Waals surface area contributed by atoms with Crippen molar-refractivity contribution in [1.82, 2.24) is 4.98 Å². The van der Waals surface area contributed by atoms with E-state index in [9.17, 15) is 5.11 Å². The van der Waals surface area contributed by atoms with Crippen LogP contribution in [0.3, 0.4) is 0 Å². The Hall–Kier alpha value is -1.45. The van der Waals surface area contributed by atoms with Crippen molar-refractivity contribution in [1.29, 1.82) is 0 Å². The number of aromatic nitrogens is 1. The van der Waals surface area contributed by atoms with E-state index < -0.39 is 0 Å². The SMILES string of the molecule is Oc1c(Cl)cc(Cl)cc1CNc1ccccn1. The van der Waals surface area contributed by atoms with Gasteiger partial charge in [-0.15, -0.1) is 0 Å². The molecule has 3 nitrogen and oxygen atoms in total. The van der Waals surface area contributed by atoms with E-state index in [1.165, 1.54) is 6.07 Å². The molecule has 0 saturated heterocycles. The fourth-order valence-electron chi connectivity index (χ4n) is 1.41. The number of pyridine rings is 1. The zero-order chi connectivity index (χ0) is 12.3. The second-order valence-electron chi connectivity index (χ2n) is 3.46. The average molecular weight is 269 g/mol. The molecule has 0 fully saturated rings. The number of phenols is 1. The molecule has 1 heterocycles. The predicted molar refractivity (Wildman–Crippen MR) is 69.7 cm³/mol. The van der Waals surface area contributed by atoms with Gasteiger partial charge in [-0.25, -0.2) is 4.98 Å². The van der Waals surface area contributed by atoms with Crippen LogP contribution in [0.2, 0.25) is 10.0 Å². The third kappa shape index (κ3) is 3.02. The molecule has 2 rings (SSSR count). The molecule has 0 aliphatic carbocycles. The zero-order valence-electron chi connectivity index (χ0n) is 8.82. The van der Waals surface area contributed by atoms with Crippen molar-refractivity contribution in [2.75, 3.05) is 5.32 Å². The molecule has 0 bridgehead atoms. The highest BCUT2D eigenvalue weighted by Crippen LogP contribution is 2.31. The Kier molecular flexibility index (Phi) is 3.71. The second-order valence-corrected chi connectivity index (χ2v) is 4.31. The third-order valence-corrected chi connectivity index (χ3v) is 2.74. The van der Waals surface area contributed by atoms with Gasteiger partial charge in [0.25, 0.3) is 0 Å². The Balaban J connectivity index is 2.14. The molecule has 0 spiro atoms. The molecule has 1 aromatic heterocycles. The van der Waals surface area contributed by atoms with Crippen LogP contribution in [0.15, 0.2) is 36.5 Å². The van der Waals surface area contributed by atoms with Crippen LogP contribution in [0.1, 0.15) is 5.56 Å². The maximum atomic E-state index is 9.75. The average Bonchev–Trinajstić information content (AvgIpc) is 2.33. The molecule has 0 atom stereocenters. The first-order valence-corrected chi connectivity index (χ1v) is 5.74. The van der Waals surface area contributed by atoms with Gasteiger partial charge in [-0.1, -0.05) is 29.3 Å². The Bertz CT molecular complexity index is 517. The molecule has 0 amide bonds. The highest BCUT2D eigenvalue weighted by atomic mass is 35.5. The van der Waals surface area contributed by atoms with E-state index in [0.717, 1.165) is 5.82 Å². The van der Waals surface area contributed by atoms with Gasteiger partial charge in [0.05, 0.1) is 5.02 Å². The summed E-state index contributed by atoms with van der Waals surface area (Å²) in [5, 5.41) is 13.6. The minimum Gasteiger partial charge on any atom is -0.506 e.